The fourth-order valence-electron chi connectivity index (χ4n) is 2.49. The lowest BCUT2D eigenvalue weighted by Gasteiger charge is -2.31. The second kappa shape index (κ2) is 5.25. The fraction of sp³-hybridized carbons (Fsp3) is 0.462. The molecule has 3 rings (SSSR count). The molecule has 1 unspecified atom stereocenters. The van der Waals surface area contributed by atoms with Gasteiger partial charge in [0.15, 0.2) is 17.3 Å². The molecule has 0 aromatic carbocycles. The zero-order valence-corrected chi connectivity index (χ0v) is 11.2. The number of aryl methyl sites for hydroxylation is 1. The Bertz CT molecular complexity index is 646. The van der Waals surface area contributed by atoms with Crippen LogP contribution >= 0.6 is 0 Å². The van der Waals surface area contributed by atoms with Crippen molar-refractivity contribution in [2.24, 2.45) is 0 Å². The van der Waals surface area contributed by atoms with Crippen molar-refractivity contribution in [3.63, 3.8) is 0 Å². The third-order valence-corrected chi connectivity index (χ3v) is 3.40. The van der Waals surface area contributed by atoms with Crippen LogP contribution < -0.4 is 4.90 Å². The number of piperidine rings is 1. The Morgan fingerprint density at radius 3 is 3.00 bits per heavy atom. The van der Waals surface area contributed by atoms with E-state index in [0.29, 0.717) is 23.2 Å². The van der Waals surface area contributed by atoms with Crippen LogP contribution in [0.15, 0.2) is 16.9 Å². The molecule has 7 heteroatoms. The normalized spacial score (nSPS) is 18.8. The third kappa shape index (κ3) is 2.32. The monoisotopic (exact) mass is 270 g/mol. The summed E-state index contributed by atoms with van der Waals surface area (Å²) in [5, 5.41) is 13.0. The molecule has 1 saturated heterocycles. The van der Waals surface area contributed by atoms with E-state index in [4.69, 9.17) is 9.78 Å². The summed E-state index contributed by atoms with van der Waals surface area (Å²) >= 11 is 0. The molecule has 1 fully saturated rings. The highest BCUT2D eigenvalue weighted by atomic mass is 16.5. The van der Waals surface area contributed by atoms with Crippen LogP contribution in [0, 0.1) is 18.3 Å². The van der Waals surface area contributed by atoms with Crippen molar-refractivity contribution in [3.8, 4) is 6.07 Å². The van der Waals surface area contributed by atoms with Crippen LogP contribution in [0.2, 0.25) is 0 Å². The van der Waals surface area contributed by atoms with Crippen LogP contribution in [0.1, 0.15) is 36.2 Å². The number of rotatable bonds is 2. The summed E-state index contributed by atoms with van der Waals surface area (Å²) in [6.07, 6.45) is 5.13. The van der Waals surface area contributed by atoms with Gasteiger partial charge in [0.2, 0.25) is 5.89 Å². The van der Waals surface area contributed by atoms with E-state index in [0.717, 1.165) is 25.9 Å². The van der Waals surface area contributed by atoms with Crippen molar-refractivity contribution in [1.82, 2.24) is 20.1 Å². The van der Waals surface area contributed by atoms with Gasteiger partial charge in [0.25, 0.3) is 0 Å². The van der Waals surface area contributed by atoms with Gasteiger partial charge in [-0.3, -0.25) is 0 Å². The largest absolute Gasteiger partial charge is 0.353 e. The van der Waals surface area contributed by atoms with Gasteiger partial charge in [-0.15, -0.1) is 0 Å². The van der Waals surface area contributed by atoms with Crippen LogP contribution in [-0.2, 0) is 0 Å². The van der Waals surface area contributed by atoms with E-state index in [1.807, 2.05) is 6.92 Å². The summed E-state index contributed by atoms with van der Waals surface area (Å²) in [6, 6.07) is 2.08. The molecule has 0 spiro atoms. The Balaban J connectivity index is 1.83. The van der Waals surface area contributed by atoms with Crippen molar-refractivity contribution in [1.29, 1.82) is 5.26 Å². The number of hydrogen-bond acceptors (Lipinski definition) is 7. The molecule has 1 atom stereocenters. The molecule has 0 amide bonds. The quantitative estimate of drug-likeness (QED) is 0.814. The first-order chi connectivity index (χ1) is 9.78. The lowest BCUT2D eigenvalue weighted by Crippen LogP contribution is -2.35. The Morgan fingerprint density at radius 1 is 1.40 bits per heavy atom. The minimum Gasteiger partial charge on any atom is -0.353 e. The highest BCUT2D eigenvalue weighted by molar-refractivity contribution is 5.50. The van der Waals surface area contributed by atoms with Crippen LogP contribution in [0.25, 0.3) is 0 Å². The first-order valence-electron chi connectivity index (χ1n) is 6.54. The van der Waals surface area contributed by atoms with Crippen molar-refractivity contribution in [2.75, 3.05) is 18.0 Å². The molecule has 0 saturated carbocycles. The van der Waals surface area contributed by atoms with Crippen LogP contribution in [-0.4, -0.2) is 33.2 Å². The molecule has 20 heavy (non-hydrogen) atoms. The molecule has 0 radical (unpaired) electrons. The van der Waals surface area contributed by atoms with E-state index < -0.39 is 0 Å². The number of nitrogens with zero attached hydrogens (tertiary/aromatic N) is 6. The summed E-state index contributed by atoms with van der Waals surface area (Å²) in [5.41, 5.74) is 0.356. The average molecular weight is 270 g/mol. The van der Waals surface area contributed by atoms with E-state index in [2.05, 4.69) is 31.1 Å². The molecule has 1 aliphatic heterocycles. The lowest BCUT2D eigenvalue weighted by atomic mass is 9.98. The second-order valence-electron chi connectivity index (χ2n) is 4.81. The van der Waals surface area contributed by atoms with E-state index in [1.54, 1.807) is 6.20 Å². The van der Waals surface area contributed by atoms with E-state index in [9.17, 15) is 0 Å². The van der Waals surface area contributed by atoms with Crippen molar-refractivity contribution >= 4 is 5.82 Å². The number of nitriles is 1. The first-order valence-corrected chi connectivity index (χ1v) is 6.54. The zero-order valence-electron chi connectivity index (χ0n) is 11.2. The maximum absolute atomic E-state index is 9.12. The van der Waals surface area contributed by atoms with Crippen LogP contribution in [0.5, 0.6) is 0 Å². The summed E-state index contributed by atoms with van der Waals surface area (Å²) in [6.45, 7) is 3.38. The van der Waals surface area contributed by atoms with Gasteiger partial charge < -0.3 is 9.42 Å². The Hall–Kier alpha value is -2.49. The van der Waals surface area contributed by atoms with Crippen molar-refractivity contribution in [3.05, 3.63) is 29.8 Å². The van der Waals surface area contributed by atoms with E-state index >= 15 is 0 Å². The fourth-order valence-corrected chi connectivity index (χ4v) is 2.49. The van der Waals surface area contributed by atoms with Crippen LogP contribution in [0.4, 0.5) is 5.82 Å². The summed E-state index contributed by atoms with van der Waals surface area (Å²) in [7, 11) is 0. The maximum atomic E-state index is 9.12. The number of aromatic nitrogens is 4. The van der Waals surface area contributed by atoms with E-state index in [1.165, 1.54) is 6.20 Å². The van der Waals surface area contributed by atoms with Crippen LogP contribution in [0.3, 0.4) is 0 Å². The summed E-state index contributed by atoms with van der Waals surface area (Å²) in [4.78, 5) is 14.7. The zero-order chi connectivity index (χ0) is 13.9. The predicted octanol–water partition coefficient (Wildman–Crippen LogP) is 1.42. The summed E-state index contributed by atoms with van der Waals surface area (Å²) < 4.78 is 5.26. The second-order valence-corrected chi connectivity index (χ2v) is 4.81. The highest BCUT2D eigenvalue weighted by Crippen LogP contribution is 2.28. The molecule has 102 valence electrons. The summed E-state index contributed by atoms with van der Waals surface area (Å²) in [5.74, 6) is 2.12. The van der Waals surface area contributed by atoms with Gasteiger partial charge >= 0.3 is 0 Å². The Labute approximate surface area is 116 Å². The van der Waals surface area contributed by atoms with E-state index in [-0.39, 0.29) is 5.92 Å². The van der Waals surface area contributed by atoms with Gasteiger partial charge in [-0.2, -0.15) is 10.2 Å². The van der Waals surface area contributed by atoms with Crippen molar-refractivity contribution < 1.29 is 4.52 Å². The van der Waals surface area contributed by atoms with Gasteiger partial charge in [0.1, 0.15) is 6.07 Å². The molecular weight excluding hydrogens is 256 g/mol. The third-order valence-electron chi connectivity index (χ3n) is 3.40. The molecule has 2 aromatic heterocycles. The highest BCUT2D eigenvalue weighted by Gasteiger charge is 2.27. The molecule has 7 nitrogen and oxygen atoms in total. The molecule has 1 aliphatic rings. The molecule has 0 N–H and O–H groups in total. The predicted molar refractivity (Wildman–Crippen MR) is 70.0 cm³/mol. The number of hydrogen-bond donors (Lipinski definition) is 0. The van der Waals surface area contributed by atoms with Crippen molar-refractivity contribution in [2.45, 2.75) is 25.7 Å². The lowest BCUT2D eigenvalue weighted by molar-refractivity contribution is 0.331. The minimum absolute atomic E-state index is 0.179. The van der Waals surface area contributed by atoms with Gasteiger partial charge in [-0.05, 0) is 19.8 Å². The first kappa shape index (κ1) is 12.5. The standard InChI is InChI=1S/C13H14N6O/c1-9-17-13(20-18-9)10-3-2-6-19(8-10)12-11(7-14)15-4-5-16-12/h4-5,10H,2-3,6,8H2,1H3. The molecular formula is C13H14N6O. The molecule has 3 heterocycles. The average Bonchev–Trinajstić information content (AvgIpc) is 2.94. The molecule has 2 aromatic rings. The Kier molecular flexibility index (Phi) is 3.29. The Morgan fingerprint density at radius 2 is 2.25 bits per heavy atom. The topological polar surface area (TPSA) is 91.7 Å². The SMILES string of the molecule is Cc1noc(C2CCCN(c3nccnc3C#N)C2)n1. The molecule has 0 aliphatic carbocycles. The van der Waals surface area contributed by atoms with Gasteiger partial charge in [-0.1, -0.05) is 5.16 Å². The maximum Gasteiger partial charge on any atom is 0.231 e. The number of anilines is 1. The van der Waals surface area contributed by atoms with Gasteiger partial charge in [0.05, 0.1) is 5.92 Å². The minimum atomic E-state index is 0.179. The molecule has 0 bridgehead atoms. The smallest absolute Gasteiger partial charge is 0.231 e. The van der Waals surface area contributed by atoms with Gasteiger partial charge in [-0.25, -0.2) is 9.97 Å². The van der Waals surface area contributed by atoms with Gasteiger partial charge in [0, 0.05) is 25.5 Å².